The minimum atomic E-state index is -0.988. The van der Waals surface area contributed by atoms with Gasteiger partial charge in [-0.3, -0.25) is 0 Å². The number of rotatable bonds is 6. The van der Waals surface area contributed by atoms with Crippen LogP contribution in [0.3, 0.4) is 0 Å². The lowest BCUT2D eigenvalue weighted by Crippen LogP contribution is -2.29. The van der Waals surface area contributed by atoms with Crippen molar-refractivity contribution in [3.8, 4) is 44.9 Å². The van der Waals surface area contributed by atoms with E-state index in [1.165, 1.54) is 0 Å². The van der Waals surface area contributed by atoms with E-state index in [-0.39, 0.29) is 11.5 Å². The number of phenolic OH excluding ortho intramolecular Hbond substituents is 2. The molecule has 6 aromatic rings. The molecular formula is C43H34O2. The first-order valence-electron chi connectivity index (χ1n) is 15.4. The Hall–Kier alpha value is -5.60. The molecule has 0 aliphatic heterocycles. The zero-order valence-electron chi connectivity index (χ0n) is 25.4. The largest absolute Gasteiger partial charge is 0.507 e. The lowest BCUT2D eigenvalue weighted by atomic mass is 9.65. The van der Waals surface area contributed by atoms with Crippen LogP contribution in [0, 0.1) is 0 Å². The number of hydrogen-bond donors (Lipinski definition) is 2. The van der Waals surface area contributed by atoms with Gasteiger partial charge in [0.05, 0.1) is 5.41 Å². The van der Waals surface area contributed by atoms with E-state index in [0.717, 1.165) is 66.8 Å². The number of allylic oxidation sites excluding steroid dienone is 2. The molecule has 0 saturated heterocycles. The Morgan fingerprint density at radius 1 is 0.400 bits per heavy atom. The first kappa shape index (κ1) is 28.2. The third-order valence-electron chi connectivity index (χ3n) is 9.03. The fraction of sp³-hybridized carbons (Fsp3) is 0.0698. The average Bonchev–Trinajstić information content (AvgIpc) is 3.38. The number of benzene rings is 6. The number of aromatic hydroxyl groups is 2. The van der Waals surface area contributed by atoms with Crippen molar-refractivity contribution in [3.05, 3.63) is 179 Å². The summed E-state index contributed by atoms with van der Waals surface area (Å²) in [6.07, 6.45) is 7.88. The highest BCUT2D eigenvalue weighted by Gasteiger charge is 2.49. The quantitative estimate of drug-likeness (QED) is 0.205. The normalized spacial score (nSPS) is 13.3. The van der Waals surface area contributed by atoms with Crippen molar-refractivity contribution in [2.45, 2.75) is 19.3 Å². The van der Waals surface area contributed by atoms with Crippen LogP contribution in [0.1, 0.15) is 47.2 Å². The second kappa shape index (κ2) is 11.5. The summed E-state index contributed by atoms with van der Waals surface area (Å²) in [4.78, 5) is 0. The van der Waals surface area contributed by atoms with Gasteiger partial charge in [0.1, 0.15) is 11.5 Å². The number of phenols is 2. The Labute approximate surface area is 264 Å². The van der Waals surface area contributed by atoms with Gasteiger partial charge in [0.25, 0.3) is 0 Å². The SMILES string of the molecule is CC=Cc1c(-c2ccccc2)ccc(C2(c3ccc(-c4ccccc4)c(C=CC)c3O)c3ccccc3-c3ccccc32)c1O. The van der Waals surface area contributed by atoms with Crippen LogP contribution in [0.4, 0.5) is 0 Å². The molecule has 0 bridgehead atoms. The second-order valence-electron chi connectivity index (χ2n) is 11.4. The van der Waals surface area contributed by atoms with Gasteiger partial charge in [0.2, 0.25) is 0 Å². The molecule has 2 nitrogen and oxygen atoms in total. The van der Waals surface area contributed by atoms with Gasteiger partial charge in [-0.2, -0.15) is 0 Å². The van der Waals surface area contributed by atoms with E-state index in [9.17, 15) is 10.2 Å². The van der Waals surface area contributed by atoms with Crippen molar-refractivity contribution in [1.29, 1.82) is 0 Å². The summed E-state index contributed by atoms with van der Waals surface area (Å²) in [6, 6.07) is 45.4. The highest BCUT2D eigenvalue weighted by Crippen LogP contribution is 2.60. The Bertz CT molecular complexity index is 1930. The molecule has 0 atom stereocenters. The Morgan fingerprint density at radius 2 is 0.778 bits per heavy atom. The first-order valence-corrected chi connectivity index (χ1v) is 15.4. The summed E-state index contributed by atoms with van der Waals surface area (Å²) < 4.78 is 0. The molecule has 0 heterocycles. The van der Waals surface area contributed by atoms with Gasteiger partial charge in [-0.15, -0.1) is 0 Å². The van der Waals surface area contributed by atoms with Crippen LogP contribution in [-0.4, -0.2) is 10.2 Å². The molecule has 0 fully saturated rings. The Balaban J connectivity index is 1.62. The van der Waals surface area contributed by atoms with Gasteiger partial charge in [0, 0.05) is 22.3 Å². The van der Waals surface area contributed by atoms with Gasteiger partial charge >= 0.3 is 0 Å². The van der Waals surface area contributed by atoms with Gasteiger partial charge in [0.15, 0.2) is 0 Å². The summed E-state index contributed by atoms with van der Waals surface area (Å²) in [5, 5.41) is 24.9. The summed E-state index contributed by atoms with van der Waals surface area (Å²) >= 11 is 0. The van der Waals surface area contributed by atoms with Crippen molar-refractivity contribution in [3.63, 3.8) is 0 Å². The maximum atomic E-state index is 12.4. The molecule has 2 heteroatoms. The van der Waals surface area contributed by atoms with Crippen LogP contribution in [-0.2, 0) is 5.41 Å². The lowest BCUT2D eigenvalue weighted by Gasteiger charge is -2.36. The van der Waals surface area contributed by atoms with Gasteiger partial charge in [-0.1, -0.05) is 158 Å². The molecular weight excluding hydrogens is 548 g/mol. The molecule has 6 aromatic carbocycles. The molecule has 7 rings (SSSR count). The van der Waals surface area contributed by atoms with E-state index in [0.29, 0.717) is 0 Å². The number of fused-ring (bicyclic) bond motifs is 3. The Kier molecular flexibility index (Phi) is 7.19. The van der Waals surface area contributed by atoms with Crippen LogP contribution in [0.25, 0.3) is 45.5 Å². The molecule has 2 N–H and O–H groups in total. The summed E-state index contributed by atoms with van der Waals surface area (Å²) in [5.41, 5.74) is 10.1. The molecule has 0 radical (unpaired) electrons. The molecule has 1 aliphatic rings. The fourth-order valence-electron chi connectivity index (χ4n) is 7.19. The topological polar surface area (TPSA) is 40.5 Å². The lowest BCUT2D eigenvalue weighted by molar-refractivity contribution is 0.447. The van der Waals surface area contributed by atoms with Crippen molar-refractivity contribution >= 4 is 12.2 Å². The van der Waals surface area contributed by atoms with Gasteiger partial charge < -0.3 is 10.2 Å². The maximum Gasteiger partial charge on any atom is 0.128 e. The van der Waals surface area contributed by atoms with Crippen molar-refractivity contribution in [1.82, 2.24) is 0 Å². The fourth-order valence-corrected chi connectivity index (χ4v) is 7.19. The van der Waals surface area contributed by atoms with Crippen molar-refractivity contribution in [2.75, 3.05) is 0 Å². The van der Waals surface area contributed by atoms with E-state index in [2.05, 4.69) is 72.8 Å². The predicted octanol–water partition coefficient (Wildman–Crippen LogP) is 10.9. The minimum absolute atomic E-state index is 0.195. The summed E-state index contributed by atoms with van der Waals surface area (Å²) in [5.74, 6) is 0.389. The van der Waals surface area contributed by atoms with Crippen LogP contribution >= 0.6 is 0 Å². The molecule has 45 heavy (non-hydrogen) atoms. The van der Waals surface area contributed by atoms with Gasteiger partial charge in [-0.25, -0.2) is 0 Å². The maximum absolute atomic E-state index is 12.4. The highest BCUT2D eigenvalue weighted by molar-refractivity contribution is 5.91. The van der Waals surface area contributed by atoms with E-state index in [1.54, 1.807) is 0 Å². The highest BCUT2D eigenvalue weighted by atomic mass is 16.3. The minimum Gasteiger partial charge on any atom is -0.507 e. The zero-order valence-corrected chi connectivity index (χ0v) is 25.4. The molecule has 0 aromatic heterocycles. The third kappa shape index (κ3) is 4.33. The zero-order chi connectivity index (χ0) is 31.0. The van der Waals surface area contributed by atoms with E-state index in [1.807, 2.05) is 98.8 Å². The van der Waals surface area contributed by atoms with Crippen LogP contribution < -0.4 is 0 Å². The Morgan fingerprint density at radius 3 is 1.18 bits per heavy atom. The van der Waals surface area contributed by atoms with Crippen molar-refractivity contribution in [2.24, 2.45) is 0 Å². The monoisotopic (exact) mass is 582 g/mol. The predicted molar refractivity (Wildman–Crippen MR) is 187 cm³/mol. The number of hydrogen-bond acceptors (Lipinski definition) is 2. The summed E-state index contributed by atoms with van der Waals surface area (Å²) in [7, 11) is 0. The van der Waals surface area contributed by atoms with Crippen LogP contribution in [0.2, 0.25) is 0 Å². The molecule has 0 saturated carbocycles. The van der Waals surface area contributed by atoms with E-state index >= 15 is 0 Å². The van der Waals surface area contributed by atoms with Crippen LogP contribution in [0.15, 0.2) is 146 Å². The van der Waals surface area contributed by atoms with E-state index < -0.39 is 5.41 Å². The van der Waals surface area contributed by atoms with Crippen LogP contribution in [0.5, 0.6) is 11.5 Å². The smallest absolute Gasteiger partial charge is 0.128 e. The summed E-state index contributed by atoms with van der Waals surface area (Å²) in [6.45, 7) is 3.93. The van der Waals surface area contributed by atoms with Gasteiger partial charge in [-0.05, 0) is 58.4 Å². The van der Waals surface area contributed by atoms with Crippen molar-refractivity contribution < 1.29 is 10.2 Å². The third-order valence-corrected chi connectivity index (χ3v) is 9.03. The standard InChI is InChI=1S/C43H34O2/c1-3-15-35-31(29-17-7-5-8-18-29)25-27-39(41(35)44)43(37-23-13-11-21-33(37)34-22-12-14-24-38(34)43)40-28-26-32(30-19-9-6-10-20-30)36(16-4-2)42(40)45/h3-28,44-45H,1-2H3. The molecule has 0 unspecified atom stereocenters. The molecule has 1 aliphatic carbocycles. The average molecular weight is 583 g/mol. The molecule has 0 amide bonds. The second-order valence-corrected chi connectivity index (χ2v) is 11.4. The first-order chi connectivity index (χ1) is 22.1. The van der Waals surface area contributed by atoms with E-state index in [4.69, 9.17) is 0 Å². The molecule has 218 valence electrons. The molecule has 0 spiro atoms.